The summed E-state index contributed by atoms with van der Waals surface area (Å²) in [5.74, 6) is 0.141. The van der Waals surface area contributed by atoms with Crippen molar-refractivity contribution in [3.05, 3.63) is 33.9 Å². The minimum Gasteiger partial charge on any atom is -0.487 e. The van der Waals surface area contributed by atoms with Gasteiger partial charge in [0, 0.05) is 18.1 Å². The first-order valence-corrected chi connectivity index (χ1v) is 5.42. The average Bonchev–Trinajstić information content (AvgIpc) is 2.38. The highest BCUT2D eigenvalue weighted by atomic mass is 16.6. The van der Waals surface area contributed by atoms with E-state index in [9.17, 15) is 14.9 Å². The fourth-order valence-electron chi connectivity index (χ4n) is 1.36. The van der Waals surface area contributed by atoms with E-state index in [1.165, 1.54) is 18.2 Å². The molecule has 6 heteroatoms. The molecule has 94 valence electrons. The number of nitriles is 1. The fraction of sp³-hybridized carbons (Fsp3) is 0.333. The van der Waals surface area contributed by atoms with E-state index >= 15 is 0 Å². The molecule has 0 saturated carbocycles. The molecule has 0 aliphatic rings. The summed E-state index contributed by atoms with van der Waals surface area (Å²) in [7, 11) is 0. The lowest BCUT2D eigenvalue weighted by Crippen LogP contribution is -2.01. The van der Waals surface area contributed by atoms with E-state index in [2.05, 4.69) is 0 Å². The number of carbonyl (C=O) groups excluding carboxylic acids is 1. The van der Waals surface area contributed by atoms with Gasteiger partial charge in [0.15, 0.2) is 5.75 Å². The third-order valence-corrected chi connectivity index (χ3v) is 2.26. The van der Waals surface area contributed by atoms with Gasteiger partial charge in [0.25, 0.3) is 0 Å². The Morgan fingerprint density at radius 1 is 1.44 bits per heavy atom. The van der Waals surface area contributed by atoms with Gasteiger partial charge in [-0.2, -0.15) is 5.26 Å². The molecule has 0 fully saturated rings. The number of hydrogen-bond acceptors (Lipinski definition) is 5. The third kappa shape index (κ3) is 3.87. The van der Waals surface area contributed by atoms with Gasteiger partial charge in [-0.1, -0.05) is 0 Å². The molecule has 18 heavy (non-hydrogen) atoms. The number of hydrogen-bond donors (Lipinski definition) is 0. The normalized spacial score (nSPS) is 9.50. The molecule has 0 bridgehead atoms. The Labute approximate surface area is 104 Å². The van der Waals surface area contributed by atoms with Crippen LogP contribution < -0.4 is 4.74 Å². The van der Waals surface area contributed by atoms with Gasteiger partial charge in [-0.15, -0.1) is 0 Å². The highest BCUT2D eigenvalue weighted by molar-refractivity contribution is 5.77. The molecule has 1 rings (SSSR count). The van der Waals surface area contributed by atoms with Gasteiger partial charge >= 0.3 is 5.69 Å². The average molecular weight is 248 g/mol. The van der Waals surface area contributed by atoms with Gasteiger partial charge in [0.2, 0.25) is 0 Å². The minimum absolute atomic E-state index is 0.141. The number of rotatable bonds is 7. The lowest BCUT2D eigenvalue weighted by atomic mass is 10.2. The summed E-state index contributed by atoms with van der Waals surface area (Å²) in [6, 6.07) is 6.06. The first-order chi connectivity index (χ1) is 8.69. The number of nitro benzene ring substituents is 1. The Balaban J connectivity index is 2.67. The molecule has 1 aromatic rings. The number of ether oxygens (including phenoxy) is 1. The van der Waals surface area contributed by atoms with E-state index in [-0.39, 0.29) is 17.0 Å². The summed E-state index contributed by atoms with van der Waals surface area (Å²) in [5, 5.41) is 19.1. The fourth-order valence-corrected chi connectivity index (χ4v) is 1.36. The summed E-state index contributed by atoms with van der Waals surface area (Å²) in [6.07, 6.45) is 2.33. The van der Waals surface area contributed by atoms with Gasteiger partial charge in [0.05, 0.1) is 17.6 Å². The predicted octanol–water partition coefficient (Wildman–Crippen LogP) is 2.48. The Hall–Kier alpha value is -2.42. The summed E-state index contributed by atoms with van der Waals surface area (Å²) in [4.78, 5) is 20.7. The van der Waals surface area contributed by atoms with Crippen molar-refractivity contribution in [3.8, 4) is 11.8 Å². The molecule has 0 amide bonds. The molecule has 6 nitrogen and oxygen atoms in total. The second-order valence-corrected chi connectivity index (χ2v) is 3.57. The number of unbranched alkanes of at least 4 members (excludes halogenated alkanes) is 2. The molecular weight excluding hydrogens is 236 g/mol. The smallest absolute Gasteiger partial charge is 0.311 e. The van der Waals surface area contributed by atoms with Crippen molar-refractivity contribution in [1.29, 1.82) is 5.26 Å². The molecule has 0 aromatic heterocycles. The lowest BCUT2D eigenvalue weighted by molar-refractivity contribution is -0.385. The first kappa shape index (κ1) is 13.6. The van der Waals surface area contributed by atoms with E-state index in [0.717, 1.165) is 0 Å². The summed E-state index contributed by atoms with van der Waals surface area (Å²) >= 11 is 0. The highest BCUT2D eigenvalue weighted by Crippen LogP contribution is 2.27. The van der Waals surface area contributed by atoms with E-state index in [1.54, 1.807) is 0 Å². The van der Waals surface area contributed by atoms with Gasteiger partial charge in [-0.25, -0.2) is 0 Å². The monoisotopic (exact) mass is 248 g/mol. The molecule has 0 unspecified atom stereocenters. The molecule has 0 heterocycles. The number of nitrogens with zero attached hydrogens (tertiary/aromatic N) is 2. The van der Waals surface area contributed by atoms with Crippen molar-refractivity contribution in [2.24, 2.45) is 0 Å². The largest absolute Gasteiger partial charge is 0.487 e. The Kier molecular flexibility index (Phi) is 5.32. The zero-order chi connectivity index (χ0) is 13.4. The molecule has 1 aromatic carbocycles. The molecular formula is C12H12N2O4. The Morgan fingerprint density at radius 3 is 2.83 bits per heavy atom. The van der Waals surface area contributed by atoms with Gasteiger partial charge in [-0.3, -0.25) is 14.9 Å². The summed E-state index contributed by atoms with van der Waals surface area (Å²) < 4.78 is 5.28. The first-order valence-electron chi connectivity index (χ1n) is 5.42. The SMILES string of the molecule is N#CCCCCOc1ccc(C=O)cc1[N+](=O)[O-]. The molecule has 0 N–H and O–H groups in total. The van der Waals surface area contributed by atoms with Crippen molar-refractivity contribution in [2.45, 2.75) is 19.3 Å². The maximum Gasteiger partial charge on any atom is 0.311 e. The molecule has 0 saturated heterocycles. The highest BCUT2D eigenvalue weighted by Gasteiger charge is 2.15. The molecule has 0 radical (unpaired) electrons. The van der Waals surface area contributed by atoms with Crippen LogP contribution in [0.5, 0.6) is 5.75 Å². The molecule has 0 spiro atoms. The van der Waals surface area contributed by atoms with Crippen LogP contribution in [0.25, 0.3) is 0 Å². The van der Waals surface area contributed by atoms with Crippen LogP contribution in [-0.2, 0) is 0 Å². The maximum absolute atomic E-state index is 10.8. The lowest BCUT2D eigenvalue weighted by Gasteiger charge is -2.06. The number of carbonyl (C=O) groups is 1. The number of aldehydes is 1. The second kappa shape index (κ2) is 7.01. The van der Waals surface area contributed by atoms with Crippen LogP contribution in [0.1, 0.15) is 29.6 Å². The zero-order valence-electron chi connectivity index (χ0n) is 9.67. The van der Waals surface area contributed by atoms with Gasteiger partial charge in [0.1, 0.15) is 6.29 Å². The van der Waals surface area contributed by atoms with Crippen LogP contribution in [0.15, 0.2) is 18.2 Å². The zero-order valence-corrected chi connectivity index (χ0v) is 9.67. The Morgan fingerprint density at radius 2 is 2.22 bits per heavy atom. The maximum atomic E-state index is 10.8. The minimum atomic E-state index is -0.586. The van der Waals surface area contributed by atoms with E-state index < -0.39 is 4.92 Å². The van der Waals surface area contributed by atoms with Crippen molar-refractivity contribution in [2.75, 3.05) is 6.61 Å². The molecule has 0 aliphatic heterocycles. The van der Waals surface area contributed by atoms with Crippen molar-refractivity contribution >= 4 is 12.0 Å². The number of nitro groups is 1. The standard InChI is InChI=1S/C12H12N2O4/c13-6-2-1-3-7-18-12-5-4-10(9-15)8-11(12)14(16)17/h4-5,8-9H,1-3,7H2. The Bertz CT molecular complexity index is 479. The van der Waals surface area contributed by atoms with Crippen molar-refractivity contribution < 1.29 is 14.5 Å². The van der Waals surface area contributed by atoms with Crippen molar-refractivity contribution in [3.63, 3.8) is 0 Å². The van der Waals surface area contributed by atoms with Gasteiger partial charge < -0.3 is 4.74 Å². The van der Waals surface area contributed by atoms with Crippen LogP contribution in [-0.4, -0.2) is 17.8 Å². The quantitative estimate of drug-likeness (QED) is 0.320. The van der Waals surface area contributed by atoms with E-state index in [4.69, 9.17) is 10.00 Å². The van der Waals surface area contributed by atoms with E-state index in [1.807, 2.05) is 6.07 Å². The summed E-state index contributed by atoms with van der Waals surface area (Å²) in [6.45, 7) is 0.308. The van der Waals surface area contributed by atoms with E-state index in [0.29, 0.717) is 32.2 Å². The topological polar surface area (TPSA) is 93.2 Å². The molecule has 0 aliphatic carbocycles. The van der Waals surface area contributed by atoms with Crippen LogP contribution in [0, 0.1) is 21.4 Å². The predicted molar refractivity (Wildman–Crippen MR) is 63.4 cm³/mol. The number of benzene rings is 1. The van der Waals surface area contributed by atoms with Crippen LogP contribution in [0.2, 0.25) is 0 Å². The van der Waals surface area contributed by atoms with Crippen molar-refractivity contribution in [1.82, 2.24) is 0 Å². The third-order valence-electron chi connectivity index (χ3n) is 2.26. The van der Waals surface area contributed by atoms with Gasteiger partial charge in [-0.05, 0) is 25.0 Å². The van der Waals surface area contributed by atoms with Crippen LogP contribution in [0.4, 0.5) is 5.69 Å². The summed E-state index contributed by atoms with van der Waals surface area (Å²) in [5.41, 5.74) is 0.0124. The van der Waals surface area contributed by atoms with Crippen LogP contribution in [0.3, 0.4) is 0 Å². The molecule has 0 atom stereocenters. The van der Waals surface area contributed by atoms with Crippen LogP contribution >= 0.6 is 0 Å². The second-order valence-electron chi connectivity index (χ2n) is 3.57.